The van der Waals surface area contributed by atoms with Crippen molar-refractivity contribution in [1.29, 1.82) is 0 Å². The fourth-order valence-corrected chi connectivity index (χ4v) is 9.29. The van der Waals surface area contributed by atoms with E-state index < -0.39 is 181 Å². The van der Waals surface area contributed by atoms with Crippen molar-refractivity contribution >= 4 is 107 Å². The maximum atomic E-state index is 14.5. The molecule has 0 aromatic carbocycles. The molecule has 35 heteroatoms. The first-order valence-corrected chi connectivity index (χ1v) is 31.8. The number of aliphatic carboxylic acids is 3. The number of hydrogen-bond donors (Lipinski definition) is 19. The monoisotopic (exact) mass is 1310 g/mol. The average Bonchev–Trinajstić information content (AvgIpc) is 1.83. The zero-order chi connectivity index (χ0) is 68.0. The van der Waals surface area contributed by atoms with Crippen LogP contribution in [-0.2, 0) is 73.5 Å². The minimum atomic E-state index is -1.66. The lowest BCUT2D eigenvalue weighted by atomic mass is 9.96. The molecule has 0 spiro atoms. The summed E-state index contributed by atoms with van der Waals surface area (Å²) in [5.74, 6) is -15.2. The Morgan fingerprint density at radius 1 is 0.522 bits per heavy atom. The van der Waals surface area contributed by atoms with E-state index in [1.54, 1.807) is 34.0 Å². The smallest absolute Gasteiger partial charge is 0.322 e. The lowest BCUT2D eigenvalue weighted by Gasteiger charge is -2.30. The van der Waals surface area contributed by atoms with Crippen molar-refractivity contribution in [3.63, 3.8) is 0 Å². The molecule has 0 saturated carbocycles. The number of H-pyrrole nitrogens is 1. The summed E-state index contributed by atoms with van der Waals surface area (Å²) in [6.07, 6.45) is 3.00. The third kappa shape index (κ3) is 31.2. The molecule has 1 heterocycles. The Morgan fingerprint density at radius 2 is 0.900 bits per heavy atom. The number of hydrogen-bond acceptors (Lipinski definition) is 20. The molecule has 22 N–H and O–H groups in total. The number of rotatable bonds is 48. The number of unbranched alkanes of at least 4 members (excludes halogenated alkanes) is 2. The summed E-state index contributed by atoms with van der Waals surface area (Å²) in [6, 6.07) is -14.3. The van der Waals surface area contributed by atoms with Gasteiger partial charge >= 0.3 is 17.9 Å². The summed E-state index contributed by atoms with van der Waals surface area (Å²) in [4.78, 5) is 193. The van der Waals surface area contributed by atoms with Gasteiger partial charge in [0.25, 0.3) is 0 Å². The number of aromatic amines is 1. The third-order valence-electron chi connectivity index (χ3n) is 14.4. The van der Waals surface area contributed by atoms with Crippen LogP contribution in [0.1, 0.15) is 130 Å². The Balaban J connectivity index is 3.68. The van der Waals surface area contributed by atoms with E-state index in [1.165, 1.54) is 24.3 Å². The van der Waals surface area contributed by atoms with E-state index in [0.717, 1.165) is 0 Å². The average molecular weight is 1320 g/mol. The molecule has 0 aliphatic heterocycles. The highest BCUT2D eigenvalue weighted by Gasteiger charge is 2.38. The van der Waals surface area contributed by atoms with E-state index in [4.69, 9.17) is 28.0 Å². The maximum Gasteiger partial charge on any atom is 0.322 e. The van der Waals surface area contributed by atoms with Crippen molar-refractivity contribution < 1.29 is 82.4 Å². The molecule has 1 aromatic rings. The highest BCUT2D eigenvalue weighted by Crippen LogP contribution is 2.15. The highest BCUT2D eigenvalue weighted by atomic mass is 32.2. The second-order valence-corrected chi connectivity index (χ2v) is 22.9. The first-order chi connectivity index (χ1) is 42.6. The molecular weight excluding hydrogens is 1220 g/mol. The Bertz CT molecular complexity index is 2540. The number of carboxylic acids is 3. The minimum absolute atomic E-state index is 0.0319. The number of nitrogens with two attached hydrogens (primary N) is 4. The second kappa shape index (κ2) is 43.9. The van der Waals surface area contributed by atoms with Crippen LogP contribution < -0.4 is 76.1 Å². The normalized spacial score (nSPS) is 15.1. The Kier molecular flexibility index (Phi) is 39.2. The number of carboxylic acid groups (broad SMARTS) is 3. The van der Waals surface area contributed by atoms with Gasteiger partial charge in [0.2, 0.25) is 65.0 Å². The zero-order valence-corrected chi connectivity index (χ0v) is 53.3. The number of thioether (sulfide) groups is 1. The van der Waals surface area contributed by atoms with Crippen LogP contribution in [0.2, 0.25) is 0 Å². The molecule has 1 aromatic heterocycles. The third-order valence-corrected chi connectivity index (χ3v) is 15.5. The summed E-state index contributed by atoms with van der Waals surface area (Å²) < 4.78 is 0. The molecule has 90 heavy (non-hydrogen) atoms. The van der Waals surface area contributed by atoms with E-state index in [1.807, 2.05) is 0 Å². The zero-order valence-electron chi connectivity index (χ0n) is 51.6. The summed E-state index contributed by atoms with van der Waals surface area (Å²) in [7, 11) is 0. The van der Waals surface area contributed by atoms with Crippen molar-refractivity contribution in [3.05, 3.63) is 18.2 Å². The Labute approximate surface area is 532 Å². The van der Waals surface area contributed by atoms with Crippen LogP contribution in [0.3, 0.4) is 0 Å². The topological polar surface area (TPSA) is 553 Å². The molecule has 0 radical (unpaired) electrons. The summed E-state index contributed by atoms with van der Waals surface area (Å²) >= 11 is 5.29. The van der Waals surface area contributed by atoms with Crippen LogP contribution in [0.15, 0.2) is 12.5 Å². The Morgan fingerprint density at radius 3 is 1.28 bits per heavy atom. The van der Waals surface area contributed by atoms with Gasteiger partial charge in [-0.3, -0.25) is 67.1 Å². The highest BCUT2D eigenvalue weighted by molar-refractivity contribution is 7.98. The molecule has 0 unspecified atom stereocenters. The minimum Gasteiger partial charge on any atom is -0.481 e. The predicted octanol–water partition coefficient (Wildman–Crippen LogP) is -4.13. The number of aromatic nitrogens is 2. The van der Waals surface area contributed by atoms with E-state index in [0.29, 0.717) is 18.5 Å². The van der Waals surface area contributed by atoms with Crippen LogP contribution in [-0.4, -0.2) is 206 Å². The van der Waals surface area contributed by atoms with Gasteiger partial charge in [-0.1, -0.05) is 40.5 Å². The van der Waals surface area contributed by atoms with E-state index >= 15 is 0 Å². The van der Waals surface area contributed by atoms with Crippen molar-refractivity contribution in [2.45, 2.75) is 191 Å². The fraction of sp³-hybridized carbons (Fsp3) is 0.691. The van der Waals surface area contributed by atoms with E-state index in [9.17, 15) is 77.3 Å². The number of carbonyl (C=O) groups is 14. The molecular formula is C55H94N16O17S2. The molecule has 0 fully saturated rings. The quantitative estimate of drug-likeness (QED) is 0.0218. The molecule has 33 nitrogen and oxygen atoms in total. The molecule has 11 amide bonds. The van der Waals surface area contributed by atoms with Gasteiger partial charge in [-0.05, 0) is 101 Å². The predicted molar refractivity (Wildman–Crippen MR) is 332 cm³/mol. The van der Waals surface area contributed by atoms with Gasteiger partial charge in [0.1, 0.15) is 60.9 Å². The fourth-order valence-electron chi connectivity index (χ4n) is 8.65. The molecule has 0 saturated heterocycles. The lowest BCUT2D eigenvalue weighted by molar-refractivity contribution is -0.139. The number of primary amides is 1. The van der Waals surface area contributed by atoms with Gasteiger partial charge in [0.15, 0.2) is 0 Å². The summed E-state index contributed by atoms with van der Waals surface area (Å²) in [6.45, 7) is 6.23. The number of amides is 11. The van der Waals surface area contributed by atoms with Gasteiger partial charge in [-0.25, -0.2) is 4.98 Å². The first-order valence-electron chi connectivity index (χ1n) is 29.7. The summed E-state index contributed by atoms with van der Waals surface area (Å²) in [5, 5.41) is 53.4. The Hall–Kier alpha value is -7.63. The van der Waals surface area contributed by atoms with Crippen molar-refractivity contribution in [1.82, 2.24) is 63.1 Å². The number of carbonyl (C=O) groups excluding carboxylic acids is 11. The number of nitrogens with zero attached hydrogens (tertiary/aromatic N) is 1. The van der Waals surface area contributed by atoms with Crippen LogP contribution in [0.25, 0.3) is 0 Å². The van der Waals surface area contributed by atoms with Gasteiger partial charge in [0, 0.05) is 43.3 Å². The van der Waals surface area contributed by atoms with Crippen molar-refractivity contribution in [2.24, 2.45) is 34.8 Å². The first kappa shape index (κ1) is 80.4. The number of thiol groups is 1. The summed E-state index contributed by atoms with van der Waals surface area (Å²) in [5.41, 5.74) is 22.9. The molecule has 0 bridgehead atoms. The van der Waals surface area contributed by atoms with Crippen LogP contribution in [0, 0.1) is 11.8 Å². The number of imidazole rings is 1. The number of nitrogens with one attached hydrogen (secondary N) is 11. The maximum absolute atomic E-state index is 14.5. The molecule has 508 valence electrons. The second-order valence-electron chi connectivity index (χ2n) is 21.6. The van der Waals surface area contributed by atoms with Gasteiger partial charge in [-0.15, -0.1) is 0 Å². The lowest BCUT2D eigenvalue weighted by Crippen LogP contribution is -2.62. The van der Waals surface area contributed by atoms with E-state index in [2.05, 4.69) is 75.8 Å². The van der Waals surface area contributed by atoms with Gasteiger partial charge in [-0.2, -0.15) is 24.4 Å². The van der Waals surface area contributed by atoms with Gasteiger partial charge in [0.05, 0.1) is 12.4 Å². The van der Waals surface area contributed by atoms with Crippen LogP contribution >= 0.6 is 24.4 Å². The van der Waals surface area contributed by atoms with Crippen LogP contribution in [0.5, 0.6) is 0 Å². The van der Waals surface area contributed by atoms with Gasteiger partial charge < -0.3 is 96.4 Å². The standard InChI is InChI=1S/C55H94N16O17S2/c1-6-29(3)44(54(87)67-35(14-17-40(59)72)47(80)61-26-43(77)78)70-52(85)34(13-9-11-22-57)65-50(83)37(16-19-42(75)76)66-51(84)38(20-23-90-5)68-55(88)45(30(4)7-2)71-53(86)39(24-31-25-60-28-62-31)69-48(81)33(12-8-10-21-56)64-49(82)36(15-18-41(73)74)63-46(79)32(58)27-89/h25,28-30,32-39,44-45,89H,6-24,26-27,56-58H2,1-5H3,(H2,59,72)(H,60,62)(H,61,80)(H,63,79)(H,64,82)(H,65,83)(H,66,84)(H,67,87)(H,68,88)(H,69,81)(H,70,85)(H,71,86)(H,73,74)(H,75,76)(H,77,78)/t29-,30-,32-,33-,34-,35-,36-,37-,38-,39-,44-,45-/m0/s1. The molecule has 1 rings (SSSR count). The largest absolute Gasteiger partial charge is 0.481 e. The van der Waals surface area contributed by atoms with Crippen LogP contribution in [0.4, 0.5) is 0 Å². The molecule has 0 aliphatic rings. The van der Waals surface area contributed by atoms with Crippen molar-refractivity contribution in [3.8, 4) is 0 Å². The molecule has 0 aliphatic carbocycles. The SMILES string of the molecule is CC[C@H](C)[C@H](NC(=O)[C@H](CCCCN)NC(=O)[C@H](CCC(=O)O)NC(=O)[C@H](CCSC)NC(=O)[C@@H](NC(=O)[C@H](Cc1cnc[nH]1)NC(=O)[C@H](CCCCN)NC(=O)[C@H](CCC(=O)O)NC(=O)[C@@H](N)CS)[C@@H](C)CC)C(=O)N[C@@H](CCC(N)=O)C(=O)NCC(=O)O. The molecule has 12 atom stereocenters. The van der Waals surface area contributed by atoms with E-state index in [-0.39, 0.29) is 95.2 Å². The van der Waals surface area contributed by atoms with Crippen molar-refractivity contribution in [2.75, 3.05) is 37.4 Å².